The van der Waals surface area contributed by atoms with Crippen molar-refractivity contribution >= 4 is 24.8 Å². The number of hydrogen-bond acceptors (Lipinski definition) is 4. The van der Waals surface area contributed by atoms with Crippen molar-refractivity contribution in [3.05, 3.63) is 59.4 Å². The molecular weight excluding hydrogens is 435 g/mol. The summed E-state index contributed by atoms with van der Waals surface area (Å²) in [5.74, 6) is -0.185. The number of halogens is 6. The van der Waals surface area contributed by atoms with Crippen LogP contribution in [0.15, 0.2) is 42.5 Å². The van der Waals surface area contributed by atoms with Crippen molar-refractivity contribution in [3.63, 3.8) is 0 Å². The maximum Gasteiger partial charge on any atom is 0.573 e. The van der Waals surface area contributed by atoms with E-state index in [4.69, 9.17) is 4.74 Å². The van der Waals surface area contributed by atoms with Crippen LogP contribution in [-0.4, -0.2) is 44.6 Å². The molecule has 1 atom stereocenters. The third-order valence-electron chi connectivity index (χ3n) is 4.44. The third kappa shape index (κ3) is 6.64. The first kappa shape index (κ1) is 25.3. The molecule has 1 N–H and O–H groups in total. The van der Waals surface area contributed by atoms with Gasteiger partial charge in [0.05, 0.1) is 13.2 Å². The van der Waals surface area contributed by atoms with E-state index in [0.29, 0.717) is 30.0 Å². The largest absolute Gasteiger partial charge is 0.573 e. The highest BCUT2D eigenvalue weighted by Gasteiger charge is 2.31. The summed E-state index contributed by atoms with van der Waals surface area (Å²) < 4.78 is 60.9. The van der Waals surface area contributed by atoms with Crippen molar-refractivity contribution in [2.24, 2.45) is 0 Å². The lowest BCUT2D eigenvalue weighted by Gasteiger charge is -2.35. The Labute approximate surface area is 179 Å². The molecule has 1 saturated heterocycles. The van der Waals surface area contributed by atoms with E-state index in [2.05, 4.69) is 15.0 Å². The second kappa shape index (κ2) is 10.9. The van der Waals surface area contributed by atoms with E-state index in [1.54, 1.807) is 6.07 Å². The number of piperazine rings is 1. The number of nitrogens with one attached hydrogen (secondary N) is 1. The zero-order chi connectivity index (χ0) is 19.4. The van der Waals surface area contributed by atoms with Gasteiger partial charge in [0, 0.05) is 31.7 Å². The van der Waals surface area contributed by atoms with Crippen LogP contribution in [0.3, 0.4) is 0 Å². The summed E-state index contributed by atoms with van der Waals surface area (Å²) in [7, 11) is 1.50. The fourth-order valence-corrected chi connectivity index (χ4v) is 3.24. The number of rotatable bonds is 5. The number of ether oxygens (including phenoxy) is 2. The molecule has 0 aromatic heterocycles. The van der Waals surface area contributed by atoms with Crippen LogP contribution in [0.25, 0.3) is 0 Å². The monoisotopic (exact) mass is 456 g/mol. The van der Waals surface area contributed by atoms with Gasteiger partial charge in [-0.05, 0) is 35.9 Å². The van der Waals surface area contributed by atoms with Gasteiger partial charge in [-0.3, -0.25) is 4.90 Å². The van der Waals surface area contributed by atoms with Crippen LogP contribution >= 0.6 is 24.8 Å². The lowest BCUT2D eigenvalue weighted by Crippen LogP contribution is -2.45. The van der Waals surface area contributed by atoms with E-state index in [1.165, 1.54) is 43.5 Å². The lowest BCUT2D eigenvalue weighted by atomic mass is 9.95. The highest BCUT2D eigenvalue weighted by molar-refractivity contribution is 5.85. The molecule has 0 bridgehead atoms. The average Bonchev–Trinajstić information content (AvgIpc) is 2.64. The Balaban J connectivity index is 0.00000210. The van der Waals surface area contributed by atoms with E-state index in [9.17, 15) is 17.6 Å². The minimum Gasteiger partial charge on any atom is -0.497 e. The molecule has 2 aromatic carbocycles. The first-order chi connectivity index (χ1) is 12.9. The molecule has 0 amide bonds. The Kier molecular flexibility index (Phi) is 9.48. The standard InChI is InChI=1S/C19H20F4N2O2.2ClH/c1-26-15-6-7-17(20)16(12-15)18(25-10-8-24-9-11-25)13-2-4-14(5-3-13)27-19(21,22)23;;/h2-7,12,18,24H,8-11H2,1H3;2*1H/t18-;;/m0../s1. The van der Waals surface area contributed by atoms with Gasteiger partial charge in [0.2, 0.25) is 0 Å². The first-order valence-electron chi connectivity index (χ1n) is 8.51. The second-order valence-corrected chi connectivity index (χ2v) is 6.19. The van der Waals surface area contributed by atoms with E-state index in [0.717, 1.165) is 13.1 Å². The van der Waals surface area contributed by atoms with Crippen molar-refractivity contribution in [2.75, 3.05) is 33.3 Å². The zero-order valence-electron chi connectivity index (χ0n) is 15.5. The molecule has 0 spiro atoms. The molecule has 162 valence electrons. The fraction of sp³-hybridized carbons (Fsp3) is 0.368. The number of benzene rings is 2. The SMILES string of the molecule is COc1ccc(F)c([C@H](c2ccc(OC(F)(F)F)cc2)N2CCNCC2)c1.Cl.Cl. The molecule has 29 heavy (non-hydrogen) atoms. The number of methoxy groups -OCH3 is 1. The van der Waals surface area contributed by atoms with Crippen LogP contribution < -0.4 is 14.8 Å². The molecule has 0 unspecified atom stereocenters. The highest BCUT2D eigenvalue weighted by atomic mass is 35.5. The van der Waals surface area contributed by atoms with Crippen LogP contribution in [0.5, 0.6) is 11.5 Å². The molecule has 3 rings (SSSR count). The van der Waals surface area contributed by atoms with Crippen LogP contribution in [0, 0.1) is 5.82 Å². The molecule has 1 fully saturated rings. The van der Waals surface area contributed by atoms with Crippen molar-refractivity contribution < 1.29 is 27.0 Å². The van der Waals surface area contributed by atoms with Gasteiger partial charge < -0.3 is 14.8 Å². The van der Waals surface area contributed by atoms with Gasteiger partial charge in [-0.1, -0.05) is 12.1 Å². The summed E-state index contributed by atoms with van der Waals surface area (Å²) in [5.41, 5.74) is 1.10. The maximum absolute atomic E-state index is 14.6. The van der Waals surface area contributed by atoms with Gasteiger partial charge in [0.1, 0.15) is 17.3 Å². The summed E-state index contributed by atoms with van der Waals surface area (Å²) in [6.07, 6.45) is -4.75. The van der Waals surface area contributed by atoms with Crippen LogP contribution in [0.1, 0.15) is 17.2 Å². The molecule has 2 aromatic rings. The quantitative estimate of drug-likeness (QED) is 0.668. The number of nitrogens with zero attached hydrogens (tertiary/aromatic N) is 1. The molecule has 10 heteroatoms. The predicted octanol–water partition coefficient (Wildman–Crippen LogP) is 4.57. The maximum atomic E-state index is 14.6. The normalized spacial score (nSPS) is 15.6. The first-order valence-corrected chi connectivity index (χ1v) is 8.51. The molecule has 0 aliphatic carbocycles. The van der Waals surface area contributed by atoms with E-state index in [-0.39, 0.29) is 30.6 Å². The minimum atomic E-state index is -4.75. The van der Waals surface area contributed by atoms with Crippen LogP contribution in [0.4, 0.5) is 17.6 Å². The minimum absolute atomic E-state index is 0. The van der Waals surface area contributed by atoms with E-state index < -0.39 is 18.2 Å². The Morgan fingerprint density at radius 3 is 2.10 bits per heavy atom. The topological polar surface area (TPSA) is 33.7 Å². The smallest absolute Gasteiger partial charge is 0.497 e. The van der Waals surface area contributed by atoms with Crippen molar-refractivity contribution in [3.8, 4) is 11.5 Å². The average molecular weight is 457 g/mol. The van der Waals surface area contributed by atoms with Crippen LogP contribution in [-0.2, 0) is 0 Å². The fourth-order valence-electron chi connectivity index (χ4n) is 3.24. The Hall–Kier alpha value is -1.74. The summed E-state index contributed by atoms with van der Waals surface area (Å²) in [6.45, 7) is 2.86. The summed E-state index contributed by atoms with van der Waals surface area (Å²) in [6, 6.07) is 9.62. The molecule has 1 aliphatic heterocycles. The van der Waals surface area contributed by atoms with E-state index >= 15 is 0 Å². The Bertz CT molecular complexity index is 770. The summed E-state index contributed by atoms with van der Waals surface area (Å²) in [4.78, 5) is 2.09. The van der Waals surface area contributed by atoms with Gasteiger partial charge in [-0.15, -0.1) is 38.0 Å². The van der Waals surface area contributed by atoms with E-state index in [1.807, 2.05) is 0 Å². The lowest BCUT2D eigenvalue weighted by molar-refractivity contribution is -0.274. The Morgan fingerprint density at radius 2 is 1.55 bits per heavy atom. The predicted molar refractivity (Wildman–Crippen MR) is 107 cm³/mol. The second-order valence-electron chi connectivity index (χ2n) is 6.19. The molecular formula is C19H22Cl2F4N2O2. The van der Waals surface area contributed by atoms with Gasteiger partial charge in [-0.2, -0.15) is 0 Å². The summed E-state index contributed by atoms with van der Waals surface area (Å²) >= 11 is 0. The van der Waals surface area contributed by atoms with Gasteiger partial charge >= 0.3 is 6.36 Å². The highest BCUT2D eigenvalue weighted by Crippen LogP contribution is 2.34. The summed E-state index contributed by atoms with van der Waals surface area (Å²) in [5, 5.41) is 3.24. The van der Waals surface area contributed by atoms with Crippen molar-refractivity contribution in [1.82, 2.24) is 10.2 Å². The number of hydrogen-bond donors (Lipinski definition) is 1. The van der Waals surface area contributed by atoms with Gasteiger partial charge in [0.25, 0.3) is 0 Å². The Morgan fingerprint density at radius 1 is 0.966 bits per heavy atom. The van der Waals surface area contributed by atoms with Gasteiger partial charge in [-0.25, -0.2) is 4.39 Å². The van der Waals surface area contributed by atoms with Gasteiger partial charge in [0.15, 0.2) is 0 Å². The molecule has 4 nitrogen and oxygen atoms in total. The molecule has 0 radical (unpaired) electrons. The van der Waals surface area contributed by atoms with Crippen molar-refractivity contribution in [2.45, 2.75) is 12.4 Å². The molecule has 1 aliphatic rings. The number of alkyl halides is 3. The molecule has 1 heterocycles. The van der Waals surface area contributed by atoms with Crippen LogP contribution in [0.2, 0.25) is 0 Å². The third-order valence-corrected chi connectivity index (χ3v) is 4.44. The zero-order valence-corrected chi connectivity index (χ0v) is 17.2. The van der Waals surface area contributed by atoms with Crippen molar-refractivity contribution in [1.29, 1.82) is 0 Å². The molecule has 0 saturated carbocycles.